The quantitative estimate of drug-likeness (QED) is 0.103. The molecule has 3 N–H and O–H groups in total. The first-order valence-corrected chi connectivity index (χ1v) is 15.9. The molecule has 1 atom stereocenters. The van der Waals surface area contributed by atoms with E-state index in [1.807, 2.05) is 61.5 Å². The van der Waals surface area contributed by atoms with Gasteiger partial charge in [0, 0.05) is 31.9 Å². The highest BCUT2D eigenvalue weighted by molar-refractivity contribution is 8.00. The summed E-state index contributed by atoms with van der Waals surface area (Å²) >= 11 is 13.7. The number of amides is 3. The van der Waals surface area contributed by atoms with E-state index in [9.17, 15) is 14.4 Å². The van der Waals surface area contributed by atoms with Crippen molar-refractivity contribution < 1.29 is 14.4 Å². The van der Waals surface area contributed by atoms with E-state index in [-0.39, 0.29) is 11.6 Å². The number of aryl methyl sites for hydroxylation is 1. The zero-order valence-electron chi connectivity index (χ0n) is 24.7. The van der Waals surface area contributed by atoms with E-state index in [1.54, 1.807) is 78.9 Å². The zero-order valence-corrected chi connectivity index (χ0v) is 27.0. The largest absolute Gasteiger partial charge is 0.325 e. The summed E-state index contributed by atoms with van der Waals surface area (Å²) < 4.78 is 0. The molecule has 5 aromatic carbocycles. The van der Waals surface area contributed by atoms with Crippen LogP contribution in [0.15, 0.2) is 138 Å². The number of hydrogen-bond donors (Lipinski definition) is 3. The smallest absolute Gasteiger partial charge is 0.272 e. The summed E-state index contributed by atoms with van der Waals surface area (Å²) in [4.78, 5) is 40.7. The molecule has 3 amide bonds. The Labute approximate surface area is 281 Å². The molecule has 0 spiro atoms. The van der Waals surface area contributed by atoms with Crippen molar-refractivity contribution in [3.05, 3.63) is 165 Å². The Kier molecular flexibility index (Phi) is 10.9. The van der Waals surface area contributed by atoms with Crippen LogP contribution in [-0.2, 0) is 9.59 Å². The van der Waals surface area contributed by atoms with Crippen molar-refractivity contribution in [2.24, 2.45) is 0 Å². The van der Waals surface area contributed by atoms with Crippen molar-refractivity contribution in [3.8, 4) is 0 Å². The predicted octanol–water partition coefficient (Wildman–Crippen LogP) is 9.18. The molecule has 46 heavy (non-hydrogen) atoms. The van der Waals surface area contributed by atoms with Crippen LogP contribution in [0.1, 0.15) is 32.3 Å². The molecule has 5 aromatic rings. The highest BCUT2D eigenvalue weighted by atomic mass is 35.5. The minimum atomic E-state index is -0.555. The second-order valence-corrected chi connectivity index (χ2v) is 12.3. The van der Waals surface area contributed by atoms with Gasteiger partial charge in [-0.2, -0.15) is 0 Å². The number of nitrogens with one attached hydrogen (secondary N) is 3. The van der Waals surface area contributed by atoms with Crippen LogP contribution in [0.25, 0.3) is 6.08 Å². The topological polar surface area (TPSA) is 87.3 Å². The van der Waals surface area contributed by atoms with Crippen molar-refractivity contribution in [2.75, 3.05) is 10.6 Å². The normalized spacial score (nSPS) is 11.8. The Bertz CT molecular complexity index is 1880. The molecule has 0 heterocycles. The first-order valence-electron chi connectivity index (χ1n) is 14.3. The maximum absolute atomic E-state index is 13.5. The molecule has 6 nitrogen and oxygen atoms in total. The van der Waals surface area contributed by atoms with E-state index in [4.69, 9.17) is 23.2 Å². The number of hydrogen-bond acceptors (Lipinski definition) is 4. The number of thioether (sulfide) groups is 1. The summed E-state index contributed by atoms with van der Waals surface area (Å²) in [6, 6.07) is 37.6. The van der Waals surface area contributed by atoms with Gasteiger partial charge < -0.3 is 16.0 Å². The van der Waals surface area contributed by atoms with Gasteiger partial charge in [-0.1, -0.05) is 89.9 Å². The SMILES string of the molecule is Cc1ccc(Cl)cc1NC(=O)C(Sc1ccc(NC(=O)/C(=C/c2cccc(Cl)c2)NC(=O)c2ccccc2)cc1)c1ccccc1. The lowest BCUT2D eigenvalue weighted by Crippen LogP contribution is -2.30. The Morgan fingerprint density at radius 2 is 1.39 bits per heavy atom. The average molecular weight is 667 g/mol. The molecular weight excluding hydrogens is 637 g/mol. The summed E-state index contributed by atoms with van der Waals surface area (Å²) in [5.74, 6) is -1.12. The molecule has 1 unspecified atom stereocenters. The standard InChI is InChI=1S/C37H29Cl2N3O3S/c1-24-15-16-29(39)23-32(24)41-37(45)34(26-10-4-2-5-11-26)46-31-19-17-30(18-20-31)40-36(44)33(22-25-9-8-14-28(38)21-25)42-35(43)27-12-6-3-7-13-27/h2-23,34H,1H3,(H,40,44)(H,41,45)(H,42,43)/b33-22-. The van der Waals surface area contributed by atoms with Crippen LogP contribution in [-0.4, -0.2) is 17.7 Å². The van der Waals surface area contributed by atoms with E-state index in [1.165, 1.54) is 11.8 Å². The monoisotopic (exact) mass is 665 g/mol. The zero-order chi connectivity index (χ0) is 32.5. The fourth-order valence-corrected chi connectivity index (χ4v) is 5.88. The third kappa shape index (κ3) is 8.88. The number of rotatable bonds is 10. The molecular formula is C37H29Cl2N3O3S. The van der Waals surface area contributed by atoms with Gasteiger partial charge in [-0.3, -0.25) is 14.4 Å². The van der Waals surface area contributed by atoms with Crippen LogP contribution in [0.4, 0.5) is 11.4 Å². The molecule has 0 aromatic heterocycles. The molecule has 0 aliphatic heterocycles. The predicted molar refractivity (Wildman–Crippen MR) is 188 cm³/mol. The Morgan fingerprint density at radius 1 is 0.717 bits per heavy atom. The van der Waals surface area contributed by atoms with Crippen molar-refractivity contribution in [3.63, 3.8) is 0 Å². The lowest BCUT2D eigenvalue weighted by molar-refractivity contribution is -0.116. The van der Waals surface area contributed by atoms with Crippen LogP contribution < -0.4 is 16.0 Å². The fourth-order valence-electron chi connectivity index (χ4n) is 4.48. The van der Waals surface area contributed by atoms with E-state index >= 15 is 0 Å². The number of halogens is 2. The van der Waals surface area contributed by atoms with E-state index in [0.29, 0.717) is 32.5 Å². The highest BCUT2D eigenvalue weighted by Crippen LogP contribution is 2.37. The molecule has 0 aliphatic rings. The maximum Gasteiger partial charge on any atom is 0.272 e. The van der Waals surface area contributed by atoms with E-state index in [2.05, 4.69) is 16.0 Å². The number of anilines is 2. The van der Waals surface area contributed by atoms with Gasteiger partial charge in [-0.15, -0.1) is 11.8 Å². The van der Waals surface area contributed by atoms with Crippen molar-refractivity contribution in [1.82, 2.24) is 5.32 Å². The molecule has 0 saturated heterocycles. The van der Waals surface area contributed by atoms with Crippen LogP contribution in [0.2, 0.25) is 10.0 Å². The highest BCUT2D eigenvalue weighted by Gasteiger charge is 2.23. The number of carbonyl (C=O) groups excluding carboxylic acids is 3. The van der Waals surface area contributed by atoms with Gasteiger partial charge in [0.05, 0.1) is 0 Å². The van der Waals surface area contributed by atoms with Crippen molar-refractivity contribution >= 4 is 70.1 Å². The second-order valence-electron chi connectivity index (χ2n) is 10.3. The Morgan fingerprint density at radius 3 is 2.09 bits per heavy atom. The lowest BCUT2D eigenvalue weighted by Gasteiger charge is -2.18. The minimum absolute atomic E-state index is 0.0479. The van der Waals surface area contributed by atoms with Gasteiger partial charge in [-0.25, -0.2) is 0 Å². The van der Waals surface area contributed by atoms with Gasteiger partial charge >= 0.3 is 0 Å². The van der Waals surface area contributed by atoms with E-state index < -0.39 is 17.1 Å². The van der Waals surface area contributed by atoms with Crippen molar-refractivity contribution in [2.45, 2.75) is 17.1 Å². The molecule has 0 fully saturated rings. The molecule has 0 radical (unpaired) electrons. The first kappa shape index (κ1) is 32.6. The van der Waals surface area contributed by atoms with Crippen molar-refractivity contribution in [1.29, 1.82) is 0 Å². The van der Waals surface area contributed by atoms with Gasteiger partial charge in [-0.05, 0) is 90.4 Å². The minimum Gasteiger partial charge on any atom is -0.325 e. The van der Waals surface area contributed by atoms with Gasteiger partial charge in [0.2, 0.25) is 5.91 Å². The number of carbonyl (C=O) groups is 3. The summed E-state index contributed by atoms with van der Waals surface area (Å²) in [5.41, 5.74) is 4.01. The summed E-state index contributed by atoms with van der Waals surface area (Å²) in [5, 5.41) is 9.08. The Balaban J connectivity index is 1.33. The molecule has 0 bridgehead atoms. The van der Waals surface area contributed by atoms with Crippen LogP contribution >= 0.6 is 35.0 Å². The van der Waals surface area contributed by atoms with Crippen LogP contribution in [0.3, 0.4) is 0 Å². The van der Waals surface area contributed by atoms with Gasteiger partial charge in [0.1, 0.15) is 10.9 Å². The maximum atomic E-state index is 13.5. The van der Waals surface area contributed by atoms with E-state index in [0.717, 1.165) is 16.0 Å². The second kappa shape index (κ2) is 15.5. The first-order chi connectivity index (χ1) is 22.2. The van der Waals surface area contributed by atoms with Crippen LogP contribution in [0.5, 0.6) is 0 Å². The fraction of sp³-hybridized carbons (Fsp3) is 0.0541. The molecule has 9 heteroatoms. The Hall–Kier alpha value is -4.82. The molecule has 5 rings (SSSR count). The molecule has 0 saturated carbocycles. The average Bonchev–Trinajstić information content (AvgIpc) is 3.06. The summed E-state index contributed by atoms with van der Waals surface area (Å²) in [7, 11) is 0. The van der Waals surface area contributed by atoms with Gasteiger partial charge in [0.25, 0.3) is 11.8 Å². The number of benzene rings is 5. The third-order valence-corrected chi connectivity index (χ3v) is 8.59. The van der Waals surface area contributed by atoms with Gasteiger partial charge in [0.15, 0.2) is 0 Å². The summed E-state index contributed by atoms with van der Waals surface area (Å²) in [6.07, 6.45) is 1.57. The van der Waals surface area contributed by atoms with Crippen LogP contribution in [0, 0.1) is 6.92 Å². The summed E-state index contributed by atoms with van der Waals surface area (Å²) in [6.45, 7) is 1.91. The lowest BCUT2D eigenvalue weighted by atomic mass is 10.1. The molecule has 230 valence electrons. The molecule has 0 aliphatic carbocycles. The third-order valence-electron chi connectivity index (χ3n) is 6.85.